The highest BCUT2D eigenvalue weighted by Gasteiger charge is 2.33. The van der Waals surface area contributed by atoms with Crippen molar-refractivity contribution in [2.24, 2.45) is 23.7 Å². The zero-order chi connectivity index (χ0) is 17.1. The molecule has 8 atom stereocenters. The number of hydrogen-bond donors (Lipinski definition) is 2. The third-order valence-corrected chi connectivity index (χ3v) is 7.86. The number of nitrogens with one attached hydrogen (secondary N) is 2. The van der Waals surface area contributed by atoms with Crippen LogP contribution in [0.15, 0.2) is 0 Å². The lowest BCUT2D eigenvalue weighted by Gasteiger charge is -2.42. The van der Waals surface area contributed by atoms with Crippen LogP contribution in [0.1, 0.15) is 91.9 Å². The minimum absolute atomic E-state index is 0.721. The van der Waals surface area contributed by atoms with Gasteiger partial charge in [0, 0.05) is 24.2 Å². The molecule has 0 radical (unpaired) electrons. The van der Waals surface area contributed by atoms with Crippen LogP contribution < -0.4 is 10.6 Å². The molecule has 0 saturated heterocycles. The lowest BCUT2D eigenvalue weighted by Crippen LogP contribution is -2.56. The van der Waals surface area contributed by atoms with Gasteiger partial charge in [-0.3, -0.25) is 0 Å². The largest absolute Gasteiger partial charge is 0.310 e. The van der Waals surface area contributed by atoms with Crippen LogP contribution in [0.3, 0.4) is 0 Å². The van der Waals surface area contributed by atoms with E-state index in [9.17, 15) is 0 Å². The average Bonchev–Trinajstić information content (AvgIpc) is 2.56. The van der Waals surface area contributed by atoms with Crippen molar-refractivity contribution in [3.8, 4) is 0 Å². The second-order valence-electron chi connectivity index (χ2n) is 9.76. The van der Waals surface area contributed by atoms with Gasteiger partial charge in [0.05, 0.1) is 0 Å². The third kappa shape index (κ3) is 4.75. The van der Waals surface area contributed by atoms with Crippen LogP contribution in [0.2, 0.25) is 0 Å². The highest BCUT2D eigenvalue weighted by Crippen LogP contribution is 2.32. The number of rotatable bonds is 4. The van der Waals surface area contributed by atoms with E-state index >= 15 is 0 Å². The summed E-state index contributed by atoms with van der Waals surface area (Å²) in [6, 6.07) is 2.99. The van der Waals surface area contributed by atoms with Crippen molar-refractivity contribution in [3.05, 3.63) is 0 Å². The lowest BCUT2D eigenvalue weighted by molar-refractivity contribution is 0.162. The Morgan fingerprint density at radius 2 is 0.917 bits per heavy atom. The quantitative estimate of drug-likeness (QED) is 0.745. The molecular weight excluding hydrogens is 292 g/mol. The summed E-state index contributed by atoms with van der Waals surface area (Å²) < 4.78 is 0. The SMILES string of the molecule is CC1CCC(NC2CCCCC2NC2CCC(C)C(C)C2)CC1C. The molecule has 3 aliphatic carbocycles. The van der Waals surface area contributed by atoms with Gasteiger partial charge in [-0.15, -0.1) is 0 Å². The van der Waals surface area contributed by atoms with E-state index < -0.39 is 0 Å². The molecule has 0 aromatic rings. The summed E-state index contributed by atoms with van der Waals surface area (Å²) in [4.78, 5) is 0. The maximum Gasteiger partial charge on any atom is 0.0223 e. The van der Waals surface area contributed by atoms with Gasteiger partial charge in [0.25, 0.3) is 0 Å². The van der Waals surface area contributed by atoms with Gasteiger partial charge in [0.2, 0.25) is 0 Å². The van der Waals surface area contributed by atoms with Gasteiger partial charge in [-0.05, 0) is 75.0 Å². The zero-order valence-electron chi connectivity index (χ0n) is 16.7. The Hall–Kier alpha value is -0.0800. The van der Waals surface area contributed by atoms with E-state index in [4.69, 9.17) is 0 Å². The van der Waals surface area contributed by atoms with E-state index in [2.05, 4.69) is 38.3 Å². The Balaban J connectivity index is 1.52. The maximum atomic E-state index is 4.11. The molecule has 0 spiro atoms. The summed E-state index contributed by atoms with van der Waals surface area (Å²) in [7, 11) is 0. The molecule has 3 saturated carbocycles. The van der Waals surface area contributed by atoms with Crippen LogP contribution >= 0.6 is 0 Å². The first-order valence-electron chi connectivity index (χ1n) is 11.0. The molecular formula is C22H42N2. The molecule has 3 fully saturated rings. The first kappa shape index (κ1) is 18.7. The predicted molar refractivity (Wildman–Crippen MR) is 104 cm³/mol. The first-order valence-corrected chi connectivity index (χ1v) is 11.0. The minimum atomic E-state index is 0.721. The van der Waals surface area contributed by atoms with Crippen molar-refractivity contribution in [1.29, 1.82) is 0 Å². The smallest absolute Gasteiger partial charge is 0.0223 e. The summed E-state index contributed by atoms with van der Waals surface area (Å²) in [6.45, 7) is 9.80. The Morgan fingerprint density at radius 1 is 0.500 bits per heavy atom. The Morgan fingerprint density at radius 3 is 1.29 bits per heavy atom. The van der Waals surface area contributed by atoms with E-state index in [-0.39, 0.29) is 0 Å². The van der Waals surface area contributed by atoms with Gasteiger partial charge in [0.15, 0.2) is 0 Å². The van der Waals surface area contributed by atoms with Crippen molar-refractivity contribution < 1.29 is 0 Å². The van der Waals surface area contributed by atoms with E-state index in [0.717, 1.165) is 47.8 Å². The monoisotopic (exact) mass is 334 g/mol. The summed E-state index contributed by atoms with van der Waals surface area (Å²) in [6.07, 6.45) is 14.0. The van der Waals surface area contributed by atoms with Crippen LogP contribution in [0, 0.1) is 23.7 Å². The molecule has 0 aromatic heterocycles. The zero-order valence-corrected chi connectivity index (χ0v) is 16.7. The molecule has 3 aliphatic rings. The fraction of sp³-hybridized carbons (Fsp3) is 1.00. The van der Waals surface area contributed by atoms with Crippen LogP contribution in [0.5, 0.6) is 0 Å². The fourth-order valence-corrected chi connectivity index (χ4v) is 5.53. The van der Waals surface area contributed by atoms with Crippen molar-refractivity contribution in [3.63, 3.8) is 0 Å². The van der Waals surface area contributed by atoms with Crippen LogP contribution in [-0.4, -0.2) is 24.2 Å². The second kappa shape index (κ2) is 8.54. The van der Waals surface area contributed by atoms with Crippen LogP contribution in [0.25, 0.3) is 0 Å². The maximum absolute atomic E-state index is 4.11. The molecule has 2 N–H and O–H groups in total. The van der Waals surface area contributed by atoms with E-state index in [0.29, 0.717) is 0 Å². The van der Waals surface area contributed by atoms with Crippen LogP contribution in [0.4, 0.5) is 0 Å². The Bertz CT molecular complexity index is 346. The summed E-state index contributed by atoms with van der Waals surface area (Å²) in [5.74, 6) is 3.64. The highest BCUT2D eigenvalue weighted by molar-refractivity contribution is 4.93. The van der Waals surface area contributed by atoms with E-state index in [1.54, 1.807) is 0 Å². The molecule has 2 heteroatoms. The molecule has 3 rings (SSSR count). The molecule has 8 unspecified atom stereocenters. The van der Waals surface area contributed by atoms with E-state index in [1.807, 2.05) is 0 Å². The van der Waals surface area contributed by atoms with Gasteiger partial charge >= 0.3 is 0 Å². The fourth-order valence-electron chi connectivity index (χ4n) is 5.53. The van der Waals surface area contributed by atoms with Gasteiger partial charge < -0.3 is 10.6 Å². The van der Waals surface area contributed by atoms with Crippen molar-refractivity contribution in [2.75, 3.05) is 0 Å². The van der Waals surface area contributed by atoms with Gasteiger partial charge in [-0.2, -0.15) is 0 Å². The second-order valence-corrected chi connectivity index (χ2v) is 9.76. The minimum Gasteiger partial charge on any atom is -0.310 e. The predicted octanol–water partition coefficient (Wildman–Crippen LogP) is 5.13. The lowest BCUT2D eigenvalue weighted by atomic mass is 9.77. The average molecular weight is 335 g/mol. The van der Waals surface area contributed by atoms with Gasteiger partial charge in [-0.1, -0.05) is 40.5 Å². The Labute approximate surface area is 150 Å². The van der Waals surface area contributed by atoms with E-state index in [1.165, 1.54) is 64.2 Å². The number of hydrogen-bond acceptors (Lipinski definition) is 2. The van der Waals surface area contributed by atoms with Crippen molar-refractivity contribution >= 4 is 0 Å². The molecule has 0 heterocycles. The molecule has 140 valence electrons. The van der Waals surface area contributed by atoms with Crippen molar-refractivity contribution in [2.45, 2.75) is 116 Å². The van der Waals surface area contributed by atoms with Crippen molar-refractivity contribution in [1.82, 2.24) is 10.6 Å². The van der Waals surface area contributed by atoms with Gasteiger partial charge in [0.1, 0.15) is 0 Å². The van der Waals surface area contributed by atoms with Gasteiger partial charge in [-0.25, -0.2) is 0 Å². The molecule has 0 bridgehead atoms. The Kier molecular flexibility index (Phi) is 6.65. The first-order chi connectivity index (χ1) is 11.5. The molecule has 2 nitrogen and oxygen atoms in total. The molecule has 0 aromatic carbocycles. The third-order valence-electron chi connectivity index (χ3n) is 7.86. The summed E-state index contributed by atoms with van der Waals surface area (Å²) >= 11 is 0. The molecule has 24 heavy (non-hydrogen) atoms. The molecule has 0 amide bonds. The van der Waals surface area contributed by atoms with Crippen LogP contribution in [-0.2, 0) is 0 Å². The highest BCUT2D eigenvalue weighted by atomic mass is 15.1. The molecule has 0 aliphatic heterocycles. The standard InChI is InChI=1S/C22H42N2/c1-15-9-11-19(13-17(15)3)23-21-7-5-6-8-22(21)24-20-12-10-16(2)18(4)14-20/h15-24H,5-14H2,1-4H3. The summed E-state index contributed by atoms with van der Waals surface area (Å²) in [5, 5.41) is 8.21. The topological polar surface area (TPSA) is 24.1 Å². The summed E-state index contributed by atoms with van der Waals surface area (Å²) in [5.41, 5.74) is 0. The normalized spacial score (nSPS) is 47.5.